The van der Waals surface area contributed by atoms with E-state index in [1.54, 1.807) is 42.5 Å². The van der Waals surface area contributed by atoms with Crippen LogP contribution in [0.5, 0.6) is 0 Å². The lowest BCUT2D eigenvalue weighted by molar-refractivity contribution is -0.129. The lowest BCUT2D eigenvalue weighted by Crippen LogP contribution is -2.57. The van der Waals surface area contributed by atoms with Crippen LogP contribution in [0, 0.1) is 20.8 Å². The number of para-hydroxylation sites is 1. The number of carbonyl (C=O) groups is 4. The van der Waals surface area contributed by atoms with Crippen LogP contribution in [-0.4, -0.2) is 60.7 Å². The topological polar surface area (TPSA) is 98.2 Å². The first-order valence-corrected chi connectivity index (χ1v) is 12.0. The number of aryl methyl sites for hydroxylation is 1. The van der Waals surface area contributed by atoms with Crippen molar-refractivity contribution in [3.63, 3.8) is 0 Å². The number of imide groups is 2. The Hall–Kier alpha value is -4.50. The van der Waals surface area contributed by atoms with Crippen LogP contribution in [0.4, 0.5) is 10.5 Å². The van der Waals surface area contributed by atoms with Crippen molar-refractivity contribution < 1.29 is 28.7 Å². The zero-order chi connectivity index (χ0) is 27.6. The molecule has 2 heterocycles. The maximum absolute atomic E-state index is 13.6. The van der Waals surface area contributed by atoms with Crippen molar-refractivity contribution in [2.75, 3.05) is 32.3 Å². The van der Waals surface area contributed by atoms with Crippen molar-refractivity contribution in [1.82, 2.24) is 9.47 Å². The summed E-state index contributed by atoms with van der Waals surface area (Å²) >= 11 is 0. The van der Waals surface area contributed by atoms with E-state index in [1.807, 2.05) is 37.5 Å². The first kappa shape index (κ1) is 26.6. The lowest BCUT2D eigenvalue weighted by Gasteiger charge is -2.33. The summed E-state index contributed by atoms with van der Waals surface area (Å²) in [6, 6.07) is 15.0. The monoisotopic (exact) mass is 515 g/mol. The van der Waals surface area contributed by atoms with Crippen LogP contribution in [0.25, 0.3) is 11.8 Å². The van der Waals surface area contributed by atoms with Gasteiger partial charge in [0.05, 0.1) is 31.5 Å². The van der Waals surface area contributed by atoms with Crippen molar-refractivity contribution >= 4 is 35.6 Å². The van der Waals surface area contributed by atoms with Gasteiger partial charge in [-0.2, -0.15) is 0 Å². The molecule has 1 aliphatic rings. The Morgan fingerprint density at radius 3 is 2.29 bits per heavy atom. The Kier molecular flexibility index (Phi) is 7.59. The van der Waals surface area contributed by atoms with Crippen LogP contribution < -0.4 is 4.90 Å². The quantitative estimate of drug-likeness (QED) is 0.266. The molecule has 0 radical (unpaired) electrons. The number of nitrogens with zero attached hydrogens (tertiary/aromatic N) is 3. The summed E-state index contributed by atoms with van der Waals surface area (Å²) < 4.78 is 12.0. The Morgan fingerprint density at radius 2 is 1.63 bits per heavy atom. The fourth-order valence-corrected chi connectivity index (χ4v) is 4.62. The van der Waals surface area contributed by atoms with Crippen LogP contribution >= 0.6 is 0 Å². The summed E-state index contributed by atoms with van der Waals surface area (Å²) in [7, 11) is 2.81. The number of rotatable bonds is 7. The maximum atomic E-state index is 13.6. The van der Waals surface area contributed by atoms with Crippen LogP contribution in [0.1, 0.15) is 32.9 Å². The van der Waals surface area contributed by atoms with E-state index in [2.05, 4.69) is 0 Å². The highest BCUT2D eigenvalue weighted by Gasteiger charge is 2.42. The summed E-state index contributed by atoms with van der Waals surface area (Å²) in [5.41, 5.74) is 4.41. The second-order valence-electron chi connectivity index (χ2n) is 8.87. The number of benzene rings is 2. The highest BCUT2D eigenvalue weighted by Crippen LogP contribution is 2.30. The average Bonchev–Trinajstić information content (AvgIpc) is 3.19. The predicted octanol–water partition coefficient (Wildman–Crippen LogP) is 4.21. The van der Waals surface area contributed by atoms with Gasteiger partial charge in [-0.1, -0.05) is 24.3 Å². The molecule has 196 valence electrons. The largest absolute Gasteiger partial charge is 0.465 e. The molecule has 1 aromatic heterocycles. The second kappa shape index (κ2) is 10.9. The molecule has 9 heteroatoms. The van der Waals surface area contributed by atoms with Crippen molar-refractivity contribution in [1.29, 1.82) is 0 Å². The van der Waals surface area contributed by atoms with E-state index in [0.29, 0.717) is 16.8 Å². The van der Waals surface area contributed by atoms with Crippen molar-refractivity contribution in [3.8, 4) is 5.69 Å². The molecule has 0 saturated carbocycles. The highest BCUT2D eigenvalue weighted by atomic mass is 16.5. The second-order valence-corrected chi connectivity index (χ2v) is 8.87. The van der Waals surface area contributed by atoms with E-state index < -0.39 is 23.8 Å². The van der Waals surface area contributed by atoms with Gasteiger partial charge < -0.3 is 14.0 Å². The van der Waals surface area contributed by atoms with E-state index in [0.717, 1.165) is 32.4 Å². The molecule has 0 unspecified atom stereocenters. The van der Waals surface area contributed by atoms with Crippen LogP contribution in [-0.2, 0) is 19.1 Å². The smallest absolute Gasteiger partial charge is 0.338 e. The van der Waals surface area contributed by atoms with Crippen molar-refractivity contribution in [3.05, 3.63) is 88.2 Å². The Morgan fingerprint density at radius 1 is 0.921 bits per heavy atom. The van der Waals surface area contributed by atoms with Gasteiger partial charge in [-0.05, 0) is 68.3 Å². The number of hydrogen-bond donors (Lipinski definition) is 0. The lowest BCUT2D eigenvalue weighted by atomic mass is 10.1. The van der Waals surface area contributed by atoms with Crippen molar-refractivity contribution in [2.24, 2.45) is 0 Å². The van der Waals surface area contributed by atoms with Gasteiger partial charge in [0.25, 0.3) is 11.8 Å². The van der Waals surface area contributed by atoms with Gasteiger partial charge in [0.15, 0.2) is 0 Å². The minimum atomic E-state index is -0.721. The molecule has 0 bridgehead atoms. The number of anilines is 1. The normalized spacial score (nSPS) is 15.0. The van der Waals surface area contributed by atoms with Gasteiger partial charge >= 0.3 is 12.0 Å². The number of ether oxygens (including phenoxy) is 2. The molecule has 9 nitrogen and oxygen atoms in total. The molecular weight excluding hydrogens is 486 g/mol. The highest BCUT2D eigenvalue weighted by molar-refractivity contribution is 6.39. The Balaban J connectivity index is 1.83. The number of urea groups is 1. The third-order valence-electron chi connectivity index (χ3n) is 6.59. The summed E-state index contributed by atoms with van der Waals surface area (Å²) in [4.78, 5) is 54.4. The number of carbonyl (C=O) groups excluding carboxylic acids is 4. The summed E-state index contributed by atoms with van der Waals surface area (Å²) in [5.74, 6) is -1.82. The van der Waals surface area contributed by atoms with Gasteiger partial charge in [0.2, 0.25) is 0 Å². The van der Waals surface area contributed by atoms with Gasteiger partial charge in [-0.25, -0.2) is 14.5 Å². The molecule has 0 spiro atoms. The minimum Gasteiger partial charge on any atom is -0.465 e. The molecule has 2 aromatic carbocycles. The third kappa shape index (κ3) is 4.64. The zero-order valence-corrected chi connectivity index (χ0v) is 22.0. The number of methoxy groups -OCH3 is 2. The number of aromatic nitrogens is 1. The maximum Gasteiger partial charge on any atom is 0.338 e. The number of amides is 4. The SMILES string of the molecule is COCCN1C(=O)/C(=C/c2cc(C)n(-c3cccc(C(=O)OC)c3C)c2C)C(=O)N(c2ccccc2)C1=O. The molecule has 3 aromatic rings. The number of hydrogen-bond acceptors (Lipinski definition) is 6. The zero-order valence-electron chi connectivity index (χ0n) is 22.0. The Labute approximate surface area is 220 Å². The van der Waals surface area contributed by atoms with Gasteiger partial charge in [0.1, 0.15) is 5.57 Å². The van der Waals surface area contributed by atoms with Crippen LogP contribution in [0.3, 0.4) is 0 Å². The molecule has 38 heavy (non-hydrogen) atoms. The standard InChI is InChI=1S/C29H29N3O6/c1-18-16-21(20(3)31(18)25-13-9-12-23(19(25)2)28(35)38-5)17-24-26(33)30(14-15-37-4)29(36)32(27(24)34)22-10-7-6-8-11-22/h6-13,16-17H,14-15H2,1-5H3/b24-17-. The van der Waals surface area contributed by atoms with E-state index >= 15 is 0 Å². The number of esters is 1. The summed E-state index contributed by atoms with van der Waals surface area (Å²) in [6.45, 7) is 5.73. The molecular formula is C29H29N3O6. The van der Waals surface area contributed by atoms with Crippen LogP contribution in [0.15, 0.2) is 60.2 Å². The molecule has 0 aliphatic carbocycles. The molecule has 1 saturated heterocycles. The first-order valence-electron chi connectivity index (χ1n) is 12.0. The molecule has 0 N–H and O–H groups in total. The summed E-state index contributed by atoms with van der Waals surface area (Å²) in [6.07, 6.45) is 1.52. The fourth-order valence-electron chi connectivity index (χ4n) is 4.62. The third-order valence-corrected chi connectivity index (χ3v) is 6.59. The first-order chi connectivity index (χ1) is 18.2. The average molecular weight is 516 g/mol. The molecule has 0 atom stereocenters. The van der Waals surface area contributed by atoms with E-state index in [1.165, 1.54) is 20.3 Å². The minimum absolute atomic E-state index is 0.000652. The van der Waals surface area contributed by atoms with Crippen molar-refractivity contribution in [2.45, 2.75) is 20.8 Å². The predicted molar refractivity (Wildman–Crippen MR) is 142 cm³/mol. The van der Waals surface area contributed by atoms with Gasteiger partial charge in [0, 0.05) is 24.2 Å². The summed E-state index contributed by atoms with van der Waals surface area (Å²) in [5, 5.41) is 0. The number of barbiturate groups is 1. The van der Waals surface area contributed by atoms with E-state index in [-0.39, 0.29) is 18.7 Å². The molecule has 1 aliphatic heterocycles. The van der Waals surface area contributed by atoms with E-state index in [4.69, 9.17) is 9.47 Å². The molecule has 1 fully saturated rings. The Bertz CT molecular complexity index is 1450. The molecule has 4 amide bonds. The molecule has 4 rings (SSSR count). The van der Waals surface area contributed by atoms with Gasteiger partial charge in [-0.3, -0.25) is 14.5 Å². The van der Waals surface area contributed by atoms with Crippen LogP contribution in [0.2, 0.25) is 0 Å². The fraction of sp³-hybridized carbons (Fsp3) is 0.241. The van der Waals surface area contributed by atoms with E-state index in [9.17, 15) is 19.2 Å². The van der Waals surface area contributed by atoms with Gasteiger partial charge in [-0.15, -0.1) is 0 Å².